The molecule has 3 nitrogen and oxygen atoms in total. The molecule has 1 aromatic heterocycles. The molecule has 0 fully saturated rings. The molecule has 1 N–H and O–H groups in total. The van der Waals surface area contributed by atoms with Crippen LogP contribution in [-0.4, -0.2) is 4.98 Å². The third-order valence-corrected chi connectivity index (χ3v) is 3.51. The van der Waals surface area contributed by atoms with Gasteiger partial charge in [-0.1, -0.05) is 41.7 Å². The minimum Gasteiger partial charge on any atom is -0.331 e. The first-order valence-corrected chi connectivity index (χ1v) is 6.36. The minimum absolute atomic E-state index is 0.192. The fourth-order valence-electron chi connectivity index (χ4n) is 1.71. The van der Waals surface area contributed by atoms with E-state index in [0.717, 1.165) is 10.4 Å². The van der Waals surface area contributed by atoms with Gasteiger partial charge < -0.3 is 5.32 Å². The second-order valence-corrected chi connectivity index (χ2v) is 4.84. The highest BCUT2D eigenvalue weighted by Gasteiger charge is 2.03. The van der Waals surface area contributed by atoms with Gasteiger partial charge in [0.05, 0.1) is 5.39 Å². The highest BCUT2D eigenvalue weighted by Crippen LogP contribution is 2.23. The van der Waals surface area contributed by atoms with Crippen LogP contribution in [0.2, 0.25) is 0 Å². The van der Waals surface area contributed by atoms with Gasteiger partial charge in [-0.3, -0.25) is 4.79 Å². The Hall–Kier alpha value is -2.20. The van der Waals surface area contributed by atoms with Crippen LogP contribution in [0.3, 0.4) is 0 Å². The van der Waals surface area contributed by atoms with Gasteiger partial charge in [0.2, 0.25) is 0 Å². The van der Waals surface area contributed by atoms with Crippen molar-refractivity contribution >= 4 is 32.2 Å². The molecular formula is C14H10N2OS. The molecular weight excluding hydrogens is 244 g/mol. The molecule has 0 radical (unpaired) electrons. The molecule has 0 saturated carbocycles. The predicted octanol–water partition coefficient (Wildman–Crippen LogP) is 3.40. The van der Waals surface area contributed by atoms with E-state index in [1.165, 1.54) is 11.3 Å². The topological polar surface area (TPSA) is 42.0 Å². The number of hydrogen-bond donors (Lipinski definition) is 1. The maximum atomic E-state index is 11.8. The lowest BCUT2D eigenvalue weighted by Gasteiger charge is -2.04. The number of para-hydroxylation sites is 1. The Balaban J connectivity index is 2.06. The van der Waals surface area contributed by atoms with Gasteiger partial charge in [0.25, 0.3) is 5.56 Å². The van der Waals surface area contributed by atoms with Gasteiger partial charge in [-0.2, -0.15) is 4.98 Å². The highest BCUT2D eigenvalue weighted by molar-refractivity contribution is 7.21. The van der Waals surface area contributed by atoms with E-state index < -0.39 is 0 Å². The predicted molar refractivity (Wildman–Crippen MR) is 75.6 cm³/mol. The zero-order valence-corrected chi connectivity index (χ0v) is 10.3. The number of anilines is 2. The lowest BCUT2D eigenvalue weighted by Crippen LogP contribution is -2.07. The van der Waals surface area contributed by atoms with Crippen LogP contribution in [0.25, 0.3) is 10.1 Å². The van der Waals surface area contributed by atoms with Crippen molar-refractivity contribution < 1.29 is 0 Å². The Bertz CT molecular complexity index is 737. The number of aromatic nitrogens is 1. The van der Waals surface area contributed by atoms with E-state index in [1.807, 2.05) is 48.5 Å². The van der Waals surface area contributed by atoms with Gasteiger partial charge in [-0.25, -0.2) is 0 Å². The summed E-state index contributed by atoms with van der Waals surface area (Å²) in [6, 6.07) is 17.2. The Morgan fingerprint density at radius 2 is 1.67 bits per heavy atom. The molecule has 0 aliphatic rings. The second-order valence-electron chi connectivity index (χ2n) is 3.81. The molecule has 0 aliphatic heterocycles. The van der Waals surface area contributed by atoms with E-state index in [2.05, 4.69) is 10.3 Å². The molecule has 1 heterocycles. The van der Waals surface area contributed by atoms with Crippen LogP contribution in [0.4, 0.5) is 10.8 Å². The number of rotatable bonds is 2. The minimum atomic E-state index is -0.192. The molecule has 0 amide bonds. The van der Waals surface area contributed by atoms with Crippen LogP contribution >= 0.6 is 11.3 Å². The summed E-state index contributed by atoms with van der Waals surface area (Å²) in [5.41, 5.74) is 0.735. The maximum absolute atomic E-state index is 11.8. The van der Waals surface area contributed by atoms with Crippen LogP contribution in [0.15, 0.2) is 59.4 Å². The van der Waals surface area contributed by atoms with Crippen molar-refractivity contribution in [3.63, 3.8) is 0 Å². The smallest absolute Gasteiger partial charge is 0.281 e. The Morgan fingerprint density at radius 3 is 2.50 bits per heavy atom. The average molecular weight is 254 g/mol. The van der Waals surface area contributed by atoms with Gasteiger partial charge in [-0.15, -0.1) is 0 Å². The molecule has 2 aromatic carbocycles. The van der Waals surface area contributed by atoms with Crippen molar-refractivity contribution in [3.8, 4) is 0 Å². The number of fused-ring (bicyclic) bond motifs is 1. The first-order chi connectivity index (χ1) is 8.83. The van der Waals surface area contributed by atoms with E-state index in [9.17, 15) is 4.79 Å². The van der Waals surface area contributed by atoms with Crippen LogP contribution in [-0.2, 0) is 0 Å². The van der Waals surface area contributed by atoms with E-state index >= 15 is 0 Å². The number of nitrogens with one attached hydrogen (secondary N) is 1. The molecule has 0 unspecified atom stereocenters. The van der Waals surface area contributed by atoms with Gasteiger partial charge in [0.15, 0.2) is 5.13 Å². The summed E-state index contributed by atoms with van der Waals surface area (Å²) in [5.74, 6) is 0. The lowest BCUT2D eigenvalue weighted by atomic mass is 10.3. The van der Waals surface area contributed by atoms with Crippen LogP contribution < -0.4 is 10.9 Å². The van der Waals surface area contributed by atoms with Crippen molar-refractivity contribution in [2.24, 2.45) is 0 Å². The Labute approximate surface area is 108 Å². The third kappa shape index (κ3) is 2.10. The Morgan fingerprint density at radius 1 is 0.944 bits per heavy atom. The normalized spacial score (nSPS) is 10.4. The summed E-state index contributed by atoms with van der Waals surface area (Å²) < 4.78 is 0.941. The molecule has 88 valence electrons. The zero-order chi connectivity index (χ0) is 12.4. The molecule has 18 heavy (non-hydrogen) atoms. The Kier molecular flexibility index (Phi) is 2.78. The SMILES string of the molecule is O=c1nc(Nc2ccccc2)sc2ccccc12. The van der Waals surface area contributed by atoms with Gasteiger partial charge in [0.1, 0.15) is 0 Å². The van der Waals surface area contributed by atoms with Crippen molar-refractivity contribution in [1.82, 2.24) is 4.98 Å². The van der Waals surface area contributed by atoms with E-state index in [0.29, 0.717) is 10.5 Å². The van der Waals surface area contributed by atoms with Crippen LogP contribution in [0, 0.1) is 0 Å². The molecule has 0 atom stereocenters. The first kappa shape index (κ1) is 10.9. The molecule has 0 bridgehead atoms. The van der Waals surface area contributed by atoms with Crippen LogP contribution in [0.1, 0.15) is 0 Å². The van der Waals surface area contributed by atoms with Crippen molar-refractivity contribution in [1.29, 1.82) is 0 Å². The third-order valence-electron chi connectivity index (χ3n) is 2.55. The summed E-state index contributed by atoms with van der Waals surface area (Å²) in [4.78, 5) is 15.9. The quantitative estimate of drug-likeness (QED) is 0.762. The molecule has 0 spiro atoms. The van der Waals surface area contributed by atoms with E-state index in [4.69, 9.17) is 0 Å². The van der Waals surface area contributed by atoms with Gasteiger partial charge in [0, 0.05) is 10.4 Å². The number of hydrogen-bond acceptors (Lipinski definition) is 4. The molecule has 0 saturated heterocycles. The van der Waals surface area contributed by atoms with Crippen molar-refractivity contribution in [3.05, 3.63) is 65.0 Å². The lowest BCUT2D eigenvalue weighted by molar-refractivity contribution is 1.30. The number of benzene rings is 2. The second kappa shape index (κ2) is 4.58. The monoisotopic (exact) mass is 254 g/mol. The van der Waals surface area contributed by atoms with Crippen molar-refractivity contribution in [2.75, 3.05) is 5.32 Å². The summed E-state index contributed by atoms with van der Waals surface area (Å²) in [6.45, 7) is 0. The van der Waals surface area contributed by atoms with Crippen LogP contribution in [0.5, 0.6) is 0 Å². The summed E-state index contributed by atoms with van der Waals surface area (Å²) in [5, 5.41) is 4.43. The average Bonchev–Trinajstić information content (AvgIpc) is 2.40. The van der Waals surface area contributed by atoms with E-state index in [1.54, 1.807) is 6.07 Å². The van der Waals surface area contributed by atoms with Gasteiger partial charge in [-0.05, 0) is 24.3 Å². The van der Waals surface area contributed by atoms with Gasteiger partial charge >= 0.3 is 0 Å². The molecule has 3 rings (SSSR count). The maximum Gasteiger partial charge on any atom is 0.281 e. The molecule has 4 heteroatoms. The number of nitrogens with zero attached hydrogens (tertiary/aromatic N) is 1. The van der Waals surface area contributed by atoms with Crippen molar-refractivity contribution in [2.45, 2.75) is 0 Å². The molecule has 0 aliphatic carbocycles. The van der Waals surface area contributed by atoms with E-state index in [-0.39, 0.29) is 5.56 Å². The molecule has 3 aromatic rings. The fourth-order valence-corrected chi connectivity index (χ4v) is 2.63. The highest BCUT2D eigenvalue weighted by atomic mass is 32.1. The standard InChI is InChI=1S/C14H10N2OS/c17-13-11-8-4-5-9-12(11)18-14(16-13)15-10-6-2-1-3-7-10/h1-9H,(H,15,16,17). The zero-order valence-electron chi connectivity index (χ0n) is 9.46. The fraction of sp³-hybridized carbons (Fsp3) is 0. The summed E-state index contributed by atoms with van der Waals surface area (Å²) in [7, 11) is 0. The first-order valence-electron chi connectivity index (χ1n) is 5.55. The summed E-state index contributed by atoms with van der Waals surface area (Å²) in [6.07, 6.45) is 0. The largest absolute Gasteiger partial charge is 0.331 e. The summed E-state index contributed by atoms with van der Waals surface area (Å²) >= 11 is 1.47.